The van der Waals surface area contributed by atoms with E-state index in [-0.39, 0.29) is 11.7 Å². The average Bonchev–Trinajstić information content (AvgIpc) is 2.27. The summed E-state index contributed by atoms with van der Waals surface area (Å²) < 4.78 is 32.8. The number of ether oxygens (including phenoxy) is 2. The van der Waals surface area contributed by atoms with Gasteiger partial charge in [-0.2, -0.15) is 13.4 Å². The minimum atomic E-state index is -2.81. The van der Waals surface area contributed by atoms with Crippen LogP contribution in [0.4, 0.5) is 10.6 Å². The lowest BCUT2D eigenvalue weighted by Crippen LogP contribution is -2.08. The van der Waals surface area contributed by atoms with E-state index in [2.05, 4.69) is 14.7 Å². The maximum absolute atomic E-state index is 11.0. The van der Waals surface area contributed by atoms with Gasteiger partial charge in [-0.1, -0.05) is 4.36 Å². The minimum absolute atomic E-state index is 0.0698. The Bertz CT molecular complexity index is 524. The first-order valence-corrected chi connectivity index (χ1v) is 5.30. The Morgan fingerprint density at radius 3 is 2.59 bits per heavy atom. The number of urea groups is 1. The number of hydrogen-bond donors (Lipinski definition) is 1. The van der Waals surface area contributed by atoms with E-state index in [0.29, 0.717) is 5.75 Å². The Hall–Kier alpha value is -2.16. The van der Waals surface area contributed by atoms with Crippen LogP contribution in [-0.2, 0) is 10.5 Å². The summed E-state index contributed by atoms with van der Waals surface area (Å²) in [6.45, 7) is 0. The number of pyridine rings is 1. The van der Waals surface area contributed by atoms with Crippen molar-refractivity contribution in [1.82, 2.24) is 4.98 Å². The molecule has 9 heteroatoms. The highest BCUT2D eigenvalue weighted by molar-refractivity contribution is 7.62. The van der Waals surface area contributed by atoms with Gasteiger partial charge in [-0.3, -0.25) is 5.32 Å². The molecule has 1 aromatic rings. The molecule has 17 heavy (non-hydrogen) atoms. The van der Waals surface area contributed by atoms with Crippen molar-refractivity contribution in [3.8, 4) is 11.6 Å². The van der Waals surface area contributed by atoms with Gasteiger partial charge in [-0.25, -0.2) is 4.79 Å². The Morgan fingerprint density at radius 2 is 2.06 bits per heavy atom. The van der Waals surface area contributed by atoms with Gasteiger partial charge in [-0.05, 0) is 0 Å². The summed E-state index contributed by atoms with van der Waals surface area (Å²) in [5, 5.41) is 2.15. The van der Waals surface area contributed by atoms with E-state index in [0.717, 1.165) is 0 Å². The van der Waals surface area contributed by atoms with Crippen molar-refractivity contribution in [2.24, 2.45) is 4.36 Å². The maximum atomic E-state index is 11.0. The average molecular weight is 259 g/mol. The highest BCUT2D eigenvalue weighted by Gasteiger charge is 2.06. The van der Waals surface area contributed by atoms with E-state index in [9.17, 15) is 13.2 Å². The van der Waals surface area contributed by atoms with Crippen LogP contribution in [-0.4, -0.2) is 33.7 Å². The van der Waals surface area contributed by atoms with Gasteiger partial charge in [0.2, 0.25) is 5.88 Å². The first-order chi connectivity index (χ1) is 8.05. The summed E-state index contributed by atoms with van der Waals surface area (Å²) >= 11 is 0. The number of hydrogen-bond acceptors (Lipinski definition) is 6. The lowest BCUT2D eigenvalue weighted by molar-refractivity contribution is 0.260. The number of nitrogens with one attached hydrogen (secondary N) is 1. The molecule has 0 saturated heterocycles. The zero-order valence-electron chi connectivity index (χ0n) is 9.00. The molecule has 0 aliphatic heterocycles. The molecule has 0 radical (unpaired) electrons. The van der Waals surface area contributed by atoms with Crippen LogP contribution >= 0.6 is 0 Å². The summed E-state index contributed by atoms with van der Waals surface area (Å²) in [5.74, 6) is 0.679. The molecule has 1 N–H and O–H groups in total. The SMILES string of the molecule is COc1cc(NC(=O)N=S(=O)=O)nc(OC)c1. The fourth-order valence-electron chi connectivity index (χ4n) is 0.968. The molecule has 0 aliphatic rings. The van der Waals surface area contributed by atoms with Crippen molar-refractivity contribution >= 4 is 22.3 Å². The van der Waals surface area contributed by atoms with E-state index < -0.39 is 16.5 Å². The Morgan fingerprint density at radius 1 is 1.35 bits per heavy atom. The summed E-state index contributed by atoms with van der Waals surface area (Å²) in [6, 6.07) is 1.84. The molecule has 1 aromatic heterocycles. The van der Waals surface area contributed by atoms with Gasteiger partial charge in [0.25, 0.3) is 0 Å². The quantitative estimate of drug-likeness (QED) is 0.855. The number of aromatic nitrogens is 1. The smallest absolute Gasteiger partial charge is 0.361 e. The topological polar surface area (TPSA) is 107 Å². The second-order valence-electron chi connectivity index (χ2n) is 2.67. The van der Waals surface area contributed by atoms with Gasteiger partial charge in [0.1, 0.15) is 11.6 Å². The fraction of sp³-hybridized carbons (Fsp3) is 0.250. The lowest BCUT2D eigenvalue weighted by Gasteiger charge is -2.06. The zero-order chi connectivity index (χ0) is 12.8. The summed E-state index contributed by atoms with van der Waals surface area (Å²) in [4.78, 5) is 14.9. The molecule has 0 unspecified atom stereocenters. The summed E-state index contributed by atoms with van der Waals surface area (Å²) in [5.41, 5.74) is 0. The first kappa shape index (κ1) is 12.9. The standard InChI is InChI=1S/C8H9N3O5S/c1-15-5-3-6(9-7(4-5)16-2)10-8(12)11-17(13)14/h3-4H,1-2H3,(H,9,10,12). The second-order valence-corrected chi connectivity index (χ2v) is 3.29. The third kappa shape index (κ3) is 4.07. The Labute approximate surface area is 98.3 Å². The Kier molecular flexibility index (Phi) is 4.40. The lowest BCUT2D eigenvalue weighted by atomic mass is 10.4. The molecule has 1 rings (SSSR count). The van der Waals surface area contributed by atoms with Gasteiger partial charge in [0.05, 0.1) is 14.2 Å². The van der Waals surface area contributed by atoms with E-state index in [1.54, 1.807) is 0 Å². The molecular weight excluding hydrogens is 250 g/mol. The number of rotatable bonds is 3. The molecule has 0 spiro atoms. The zero-order valence-corrected chi connectivity index (χ0v) is 9.82. The molecule has 1 heterocycles. The maximum Gasteiger partial charge on any atom is 0.361 e. The third-order valence-electron chi connectivity index (χ3n) is 1.61. The van der Waals surface area contributed by atoms with Crippen LogP contribution in [0.5, 0.6) is 11.6 Å². The first-order valence-electron chi connectivity index (χ1n) is 4.27. The van der Waals surface area contributed by atoms with E-state index >= 15 is 0 Å². The van der Waals surface area contributed by atoms with Crippen LogP contribution in [0.25, 0.3) is 0 Å². The van der Waals surface area contributed by atoms with Gasteiger partial charge < -0.3 is 9.47 Å². The number of carbonyl (C=O) groups is 1. The fourth-order valence-corrected chi connectivity index (χ4v) is 1.15. The van der Waals surface area contributed by atoms with Crippen LogP contribution in [0, 0.1) is 0 Å². The molecule has 8 nitrogen and oxygen atoms in total. The highest BCUT2D eigenvalue weighted by Crippen LogP contribution is 2.21. The van der Waals surface area contributed by atoms with Crippen molar-refractivity contribution in [3.05, 3.63) is 12.1 Å². The minimum Gasteiger partial charge on any atom is -0.496 e. The largest absolute Gasteiger partial charge is 0.496 e. The van der Waals surface area contributed by atoms with E-state index in [1.165, 1.54) is 26.4 Å². The van der Waals surface area contributed by atoms with Gasteiger partial charge >= 0.3 is 16.5 Å². The van der Waals surface area contributed by atoms with Crippen molar-refractivity contribution in [2.45, 2.75) is 0 Å². The third-order valence-corrected chi connectivity index (χ3v) is 1.93. The molecule has 0 atom stereocenters. The number of anilines is 1. The van der Waals surface area contributed by atoms with Gasteiger partial charge in [0, 0.05) is 12.1 Å². The molecule has 0 aliphatic carbocycles. The van der Waals surface area contributed by atoms with Crippen molar-refractivity contribution in [3.63, 3.8) is 0 Å². The van der Waals surface area contributed by atoms with E-state index in [1.807, 2.05) is 0 Å². The Balaban J connectivity index is 2.98. The molecule has 0 fully saturated rings. The number of methoxy groups -OCH3 is 2. The second kappa shape index (κ2) is 5.80. The summed E-state index contributed by atoms with van der Waals surface area (Å²) in [7, 11) is 0.0104. The number of carbonyl (C=O) groups excluding carboxylic acids is 1. The van der Waals surface area contributed by atoms with Crippen LogP contribution < -0.4 is 14.8 Å². The number of amides is 2. The van der Waals surface area contributed by atoms with Gasteiger partial charge in [-0.15, -0.1) is 0 Å². The highest BCUT2D eigenvalue weighted by atomic mass is 32.2. The van der Waals surface area contributed by atoms with Gasteiger partial charge in [0.15, 0.2) is 0 Å². The molecular formula is C8H9N3O5S. The van der Waals surface area contributed by atoms with Crippen LogP contribution in [0.2, 0.25) is 0 Å². The summed E-state index contributed by atoms with van der Waals surface area (Å²) in [6.07, 6.45) is 0. The van der Waals surface area contributed by atoms with Crippen molar-refractivity contribution < 1.29 is 22.7 Å². The van der Waals surface area contributed by atoms with Crippen LogP contribution in [0.1, 0.15) is 0 Å². The molecule has 92 valence electrons. The number of nitrogens with zero attached hydrogens (tertiary/aromatic N) is 2. The molecule has 0 saturated carbocycles. The van der Waals surface area contributed by atoms with Crippen molar-refractivity contribution in [2.75, 3.05) is 19.5 Å². The van der Waals surface area contributed by atoms with Crippen LogP contribution in [0.3, 0.4) is 0 Å². The molecule has 0 bridgehead atoms. The monoisotopic (exact) mass is 259 g/mol. The normalized spacial score (nSPS) is 9.29. The molecule has 2 amide bonds. The van der Waals surface area contributed by atoms with Crippen LogP contribution in [0.15, 0.2) is 16.5 Å². The van der Waals surface area contributed by atoms with Crippen molar-refractivity contribution in [1.29, 1.82) is 0 Å². The predicted octanol–water partition coefficient (Wildman–Crippen LogP) is 0.693. The molecule has 0 aromatic carbocycles. The van der Waals surface area contributed by atoms with E-state index in [4.69, 9.17) is 9.47 Å². The predicted molar refractivity (Wildman–Crippen MR) is 57.7 cm³/mol.